The van der Waals surface area contributed by atoms with Gasteiger partial charge in [0, 0.05) is 12.6 Å². The molecule has 0 saturated heterocycles. The maximum atomic E-state index is 12.1. The highest BCUT2D eigenvalue weighted by molar-refractivity contribution is 6.42. The highest BCUT2D eigenvalue weighted by Gasteiger charge is 2.16. The van der Waals surface area contributed by atoms with Gasteiger partial charge in [-0.05, 0) is 24.6 Å². The van der Waals surface area contributed by atoms with E-state index in [0.29, 0.717) is 28.0 Å². The van der Waals surface area contributed by atoms with Crippen LogP contribution in [0.1, 0.15) is 17.7 Å². The van der Waals surface area contributed by atoms with Crippen LogP contribution in [-0.2, 0) is 17.9 Å². The Morgan fingerprint density at radius 3 is 2.71 bits per heavy atom. The Kier molecular flexibility index (Phi) is 5.96. The van der Waals surface area contributed by atoms with Gasteiger partial charge in [-0.1, -0.05) is 29.3 Å². The number of anilines is 1. The van der Waals surface area contributed by atoms with Gasteiger partial charge >= 0.3 is 5.69 Å². The smallest absolute Gasteiger partial charge is 0.309 e. The first-order chi connectivity index (χ1) is 13.3. The average molecular weight is 423 g/mol. The molecule has 0 aliphatic carbocycles. The summed E-state index contributed by atoms with van der Waals surface area (Å²) in [7, 11) is 0. The van der Waals surface area contributed by atoms with E-state index >= 15 is 0 Å². The number of hydrogen-bond donors (Lipinski definition) is 1. The Labute approximate surface area is 170 Å². The lowest BCUT2D eigenvalue weighted by atomic mass is 10.2. The van der Waals surface area contributed by atoms with E-state index in [1.165, 1.54) is 10.9 Å². The van der Waals surface area contributed by atoms with Crippen molar-refractivity contribution in [1.29, 1.82) is 0 Å². The van der Waals surface area contributed by atoms with Gasteiger partial charge < -0.3 is 5.32 Å². The third-order valence-electron chi connectivity index (χ3n) is 4.07. The summed E-state index contributed by atoms with van der Waals surface area (Å²) in [5.74, 6) is -0.244. The van der Waals surface area contributed by atoms with Gasteiger partial charge in [0.1, 0.15) is 11.9 Å². The van der Waals surface area contributed by atoms with Gasteiger partial charge in [-0.15, -0.1) is 0 Å². The van der Waals surface area contributed by atoms with Gasteiger partial charge in [0.2, 0.25) is 5.91 Å². The van der Waals surface area contributed by atoms with E-state index in [-0.39, 0.29) is 24.6 Å². The zero-order chi connectivity index (χ0) is 20.3. The minimum atomic E-state index is -0.499. The molecule has 0 radical (unpaired) electrons. The summed E-state index contributed by atoms with van der Waals surface area (Å²) < 4.78 is 3.10. The topological polar surface area (TPSA) is 108 Å². The predicted octanol–water partition coefficient (Wildman–Crippen LogP) is 3.68. The molecule has 1 N–H and O–H groups in total. The number of nitrogens with one attached hydrogen (secondary N) is 1. The molecule has 28 heavy (non-hydrogen) atoms. The summed E-state index contributed by atoms with van der Waals surface area (Å²) in [5.41, 5.74) is 1.82. The van der Waals surface area contributed by atoms with Crippen LogP contribution in [0.5, 0.6) is 0 Å². The van der Waals surface area contributed by atoms with Crippen molar-refractivity contribution < 1.29 is 9.72 Å². The summed E-state index contributed by atoms with van der Waals surface area (Å²) in [6.45, 7) is 2.31. The molecule has 0 saturated carbocycles. The fraction of sp³-hybridized carbons (Fsp3) is 0.235. The third-order valence-corrected chi connectivity index (χ3v) is 4.81. The minimum Gasteiger partial charge on any atom is -0.323 e. The van der Waals surface area contributed by atoms with Gasteiger partial charge in [0.25, 0.3) is 0 Å². The van der Waals surface area contributed by atoms with Crippen molar-refractivity contribution in [2.75, 3.05) is 5.32 Å². The number of carbonyl (C=O) groups excluding carboxylic acids is 1. The van der Waals surface area contributed by atoms with Gasteiger partial charge in [-0.25, -0.2) is 0 Å². The lowest BCUT2D eigenvalue weighted by Crippen LogP contribution is -2.15. The van der Waals surface area contributed by atoms with Crippen molar-refractivity contribution in [3.63, 3.8) is 0 Å². The molecule has 1 amide bonds. The second kappa shape index (κ2) is 8.41. The molecule has 3 rings (SSSR count). The molecule has 9 nitrogen and oxygen atoms in total. The Hall–Kier alpha value is -2.91. The largest absolute Gasteiger partial charge is 0.323 e. The lowest BCUT2D eigenvalue weighted by molar-refractivity contribution is -0.385. The molecule has 0 bridgehead atoms. The van der Waals surface area contributed by atoms with Gasteiger partial charge in [-0.2, -0.15) is 10.2 Å². The normalized spacial score (nSPS) is 10.8. The molecular formula is C17H16Cl2N6O3. The van der Waals surface area contributed by atoms with E-state index in [1.54, 1.807) is 36.1 Å². The van der Waals surface area contributed by atoms with Crippen LogP contribution in [-0.4, -0.2) is 30.4 Å². The number of amides is 1. The lowest BCUT2D eigenvalue weighted by Gasteiger charge is -2.05. The van der Waals surface area contributed by atoms with Gasteiger partial charge in [0.15, 0.2) is 0 Å². The number of nitro groups is 1. The highest BCUT2D eigenvalue weighted by atomic mass is 35.5. The fourth-order valence-electron chi connectivity index (χ4n) is 2.61. The van der Waals surface area contributed by atoms with Crippen LogP contribution in [0.3, 0.4) is 0 Å². The van der Waals surface area contributed by atoms with Crippen LogP contribution in [0.2, 0.25) is 10.0 Å². The number of aromatic nitrogens is 4. The maximum absolute atomic E-state index is 12.1. The summed E-state index contributed by atoms with van der Waals surface area (Å²) in [6.07, 6.45) is 4.54. The molecule has 3 aromatic rings. The number of benzene rings is 1. The van der Waals surface area contributed by atoms with Crippen LogP contribution in [0.15, 0.2) is 36.8 Å². The van der Waals surface area contributed by atoms with Crippen molar-refractivity contribution in [1.82, 2.24) is 19.6 Å². The highest BCUT2D eigenvalue weighted by Crippen LogP contribution is 2.23. The SMILES string of the molecule is Cc1c([N+](=O)[O-])cnn1CCC(=O)Nc1cnn(Cc2ccc(Cl)c(Cl)c2)c1. The van der Waals surface area contributed by atoms with Crippen LogP contribution in [0, 0.1) is 17.0 Å². The monoisotopic (exact) mass is 422 g/mol. The molecule has 2 heterocycles. The minimum absolute atomic E-state index is 0.0658. The number of aryl methyl sites for hydroxylation is 1. The summed E-state index contributed by atoms with van der Waals surface area (Å²) >= 11 is 11.9. The molecule has 1 aromatic carbocycles. The molecule has 2 aromatic heterocycles. The molecule has 0 atom stereocenters. The summed E-state index contributed by atoms with van der Waals surface area (Å²) in [4.78, 5) is 22.5. The van der Waals surface area contributed by atoms with Gasteiger partial charge in [-0.3, -0.25) is 24.3 Å². The summed E-state index contributed by atoms with van der Waals surface area (Å²) in [5, 5.41) is 22.7. The number of hydrogen-bond acceptors (Lipinski definition) is 5. The quantitative estimate of drug-likeness (QED) is 0.461. The van der Waals surface area contributed by atoms with Crippen LogP contribution in [0.25, 0.3) is 0 Å². The molecule has 0 aliphatic rings. The summed E-state index contributed by atoms with van der Waals surface area (Å²) in [6, 6.07) is 5.32. The predicted molar refractivity (Wildman–Crippen MR) is 105 cm³/mol. The van der Waals surface area contributed by atoms with E-state index < -0.39 is 4.92 Å². The number of nitrogens with zero attached hydrogens (tertiary/aromatic N) is 5. The molecule has 11 heteroatoms. The van der Waals surface area contributed by atoms with E-state index in [2.05, 4.69) is 15.5 Å². The van der Waals surface area contributed by atoms with E-state index in [4.69, 9.17) is 23.2 Å². The Morgan fingerprint density at radius 1 is 1.25 bits per heavy atom. The Bertz CT molecular complexity index is 1030. The first-order valence-corrected chi connectivity index (χ1v) is 9.02. The molecule has 146 valence electrons. The number of carbonyl (C=O) groups is 1. The van der Waals surface area contributed by atoms with E-state index in [1.807, 2.05) is 6.07 Å². The first kappa shape index (κ1) is 19.8. The molecular weight excluding hydrogens is 407 g/mol. The molecule has 0 fully saturated rings. The molecule has 0 spiro atoms. The van der Waals surface area contributed by atoms with Crippen molar-refractivity contribution in [2.45, 2.75) is 26.4 Å². The molecule has 0 aliphatic heterocycles. The van der Waals surface area contributed by atoms with Crippen LogP contribution in [0.4, 0.5) is 11.4 Å². The average Bonchev–Trinajstić information content (AvgIpc) is 3.22. The Morgan fingerprint density at radius 2 is 2.04 bits per heavy atom. The first-order valence-electron chi connectivity index (χ1n) is 8.26. The molecule has 0 unspecified atom stereocenters. The second-order valence-corrected chi connectivity index (χ2v) is 6.88. The zero-order valence-corrected chi connectivity index (χ0v) is 16.3. The van der Waals surface area contributed by atoms with Crippen LogP contribution >= 0.6 is 23.2 Å². The van der Waals surface area contributed by atoms with Crippen molar-refractivity contribution in [3.05, 3.63) is 68.2 Å². The fourth-order valence-corrected chi connectivity index (χ4v) is 2.93. The standard InChI is InChI=1S/C17H16Cl2N6O3/c1-11-16(25(27)28)8-21-24(11)5-4-17(26)22-13-7-20-23(10-13)9-12-2-3-14(18)15(19)6-12/h2-3,6-8,10H,4-5,9H2,1H3,(H,22,26). The number of halogens is 2. The van der Waals surface area contributed by atoms with Crippen molar-refractivity contribution in [3.8, 4) is 0 Å². The van der Waals surface area contributed by atoms with Crippen molar-refractivity contribution >= 4 is 40.5 Å². The van der Waals surface area contributed by atoms with Crippen molar-refractivity contribution in [2.24, 2.45) is 0 Å². The van der Waals surface area contributed by atoms with Gasteiger partial charge in [0.05, 0.1) is 39.9 Å². The van der Waals surface area contributed by atoms with Crippen LogP contribution < -0.4 is 5.32 Å². The number of rotatable bonds is 7. The maximum Gasteiger partial charge on any atom is 0.309 e. The second-order valence-electron chi connectivity index (χ2n) is 6.07. The zero-order valence-electron chi connectivity index (χ0n) is 14.8. The Balaban J connectivity index is 1.55. The third kappa shape index (κ3) is 4.68. The van der Waals surface area contributed by atoms with E-state index in [0.717, 1.165) is 5.56 Å². The van der Waals surface area contributed by atoms with E-state index in [9.17, 15) is 14.9 Å².